The average molecular weight is 530 g/mol. The first-order valence-corrected chi connectivity index (χ1v) is 9.16. The van der Waals surface area contributed by atoms with Gasteiger partial charge in [0.15, 0.2) is 0 Å². The molecule has 1 unspecified atom stereocenters. The molecule has 102 valence electrons. The molecule has 5 heteroatoms. The number of hydrogen-bond donors (Lipinski definition) is 0. The van der Waals surface area contributed by atoms with Crippen LogP contribution in [-0.4, -0.2) is 24.3 Å². The SMILES string of the molecule is CC.CC(CI)[N-]c1ncncc1[C](=[W])C(C)C. The van der Waals surface area contributed by atoms with Gasteiger partial charge in [0.25, 0.3) is 0 Å². The quantitative estimate of drug-likeness (QED) is 0.426. The summed E-state index contributed by atoms with van der Waals surface area (Å²) in [7, 11) is 0. The van der Waals surface area contributed by atoms with E-state index in [1.807, 2.05) is 20.0 Å². The number of hydrogen-bond acceptors (Lipinski definition) is 2. The van der Waals surface area contributed by atoms with E-state index in [4.69, 9.17) is 0 Å². The van der Waals surface area contributed by atoms with Crippen LogP contribution in [0.15, 0.2) is 12.5 Å². The van der Waals surface area contributed by atoms with Gasteiger partial charge in [-0.2, -0.15) is 0 Å². The van der Waals surface area contributed by atoms with Gasteiger partial charge < -0.3 is 0 Å². The standard InChI is InChI=1S/C11H15IN3.C2H6.W/c1-8(2)4-10-6-13-7-14-11(10)15-9(3)5-12;1-2;/h6-9H,5H2,1-3H3;1-2H3;/q-1;;. The molecule has 0 saturated heterocycles. The Kier molecular flexibility index (Phi) is 10.1. The second kappa shape index (κ2) is 10.0. The first-order chi connectivity index (χ1) is 8.56. The number of nitrogens with zero attached hydrogens (tertiary/aromatic N) is 3. The van der Waals surface area contributed by atoms with Crippen molar-refractivity contribution in [1.29, 1.82) is 0 Å². The molecule has 1 atom stereocenters. The van der Waals surface area contributed by atoms with E-state index in [1.54, 1.807) is 6.33 Å². The Labute approximate surface area is 135 Å². The third-order valence-corrected chi connectivity index (χ3v) is 5.81. The van der Waals surface area contributed by atoms with E-state index in [-0.39, 0.29) is 0 Å². The van der Waals surface area contributed by atoms with Gasteiger partial charge in [0.2, 0.25) is 0 Å². The van der Waals surface area contributed by atoms with E-state index in [9.17, 15) is 0 Å². The van der Waals surface area contributed by atoms with Crippen molar-refractivity contribution in [2.75, 3.05) is 4.43 Å². The molecule has 0 spiro atoms. The van der Waals surface area contributed by atoms with Crippen LogP contribution in [0.3, 0.4) is 0 Å². The zero-order valence-electron chi connectivity index (χ0n) is 11.6. The molecule has 1 aromatic heterocycles. The number of rotatable bonds is 5. The Morgan fingerprint density at radius 1 is 1.39 bits per heavy atom. The van der Waals surface area contributed by atoms with Crippen molar-refractivity contribution < 1.29 is 19.4 Å². The monoisotopic (exact) mass is 530 g/mol. The van der Waals surface area contributed by atoms with Crippen LogP contribution in [0, 0.1) is 5.92 Å². The van der Waals surface area contributed by atoms with Gasteiger partial charge in [-0.1, -0.05) is 13.8 Å². The Morgan fingerprint density at radius 2 is 2.00 bits per heavy atom. The Hall–Kier alpha value is 0.168. The molecule has 0 amide bonds. The van der Waals surface area contributed by atoms with Gasteiger partial charge in [-0.05, 0) is 0 Å². The molecule has 0 aliphatic rings. The van der Waals surface area contributed by atoms with Gasteiger partial charge in [0, 0.05) is 0 Å². The molecule has 0 aliphatic heterocycles. The molecule has 1 heterocycles. The van der Waals surface area contributed by atoms with Crippen molar-refractivity contribution in [2.24, 2.45) is 5.92 Å². The maximum atomic E-state index is 4.61. The predicted molar refractivity (Wildman–Crippen MR) is 83.7 cm³/mol. The fourth-order valence-corrected chi connectivity index (χ4v) is 1.87. The molecule has 0 N–H and O–H groups in total. The molecular formula is C13H21IN3W-. The fraction of sp³-hybridized carbons (Fsp3) is 0.615. The summed E-state index contributed by atoms with van der Waals surface area (Å²) in [5.74, 6) is 1.38. The summed E-state index contributed by atoms with van der Waals surface area (Å²) in [6.45, 7) is 10.5. The number of halogens is 1. The van der Waals surface area contributed by atoms with Gasteiger partial charge >= 0.3 is 122 Å². The summed E-state index contributed by atoms with van der Waals surface area (Å²) in [5.41, 5.74) is 1.12. The summed E-state index contributed by atoms with van der Waals surface area (Å²) in [4.78, 5) is 8.38. The van der Waals surface area contributed by atoms with Crippen LogP contribution in [-0.2, 0) is 19.4 Å². The van der Waals surface area contributed by atoms with Crippen molar-refractivity contribution in [3.05, 3.63) is 23.4 Å². The van der Waals surface area contributed by atoms with Crippen LogP contribution >= 0.6 is 22.6 Å². The zero-order valence-corrected chi connectivity index (χ0v) is 16.7. The normalized spacial score (nSPS) is 11.5. The van der Waals surface area contributed by atoms with Gasteiger partial charge in [-0.3, -0.25) is 0 Å². The minimum absolute atomic E-state index is 0.309. The summed E-state index contributed by atoms with van der Waals surface area (Å²) in [5, 5.41) is 4.61. The Bertz CT molecular complexity index is 369. The van der Waals surface area contributed by atoms with Crippen LogP contribution in [0.2, 0.25) is 0 Å². The molecule has 0 fully saturated rings. The van der Waals surface area contributed by atoms with Gasteiger partial charge in [-0.15, -0.1) is 0 Å². The molecule has 0 saturated carbocycles. The van der Waals surface area contributed by atoms with Crippen molar-refractivity contribution in [1.82, 2.24) is 9.97 Å². The van der Waals surface area contributed by atoms with E-state index in [0.29, 0.717) is 12.0 Å². The van der Waals surface area contributed by atoms with Crippen molar-refractivity contribution in [2.45, 2.75) is 40.7 Å². The minimum atomic E-state index is 0.309. The van der Waals surface area contributed by atoms with E-state index in [0.717, 1.165) is 15.8 Å². The van der Waals surface area contributed by atoms with Crippen molar-refractivity contribution in [3.63, 3.8) is 0 Å². The first kappa shape index (κ1) is 18.2. The Balaban J connectivity index is 0.00000137. The summed E-state index contributed by atoms with van der Waals surface area (Å²) in [6.07, 6.45) is 3.46. The summed E-state index contributed by atoms with van der Waals surface area (Å²) < 4.78 is 2.38. The summed E-state index contributed by atoms with van der Waals surface area (Å²) >= 11 is 3.81. The van der Waals surface area contributed by atoms with E-state index in [2.05, 4.69) is 58.6 Å². The molecular weight excluding hydrogens is 509 g/mol. The molecule has 1 aromatic rings. The molecule has 18 heavy (non-hydrogen) atoms. The van der Waals surface area contributed by atoms with E-state index < -0.39 is 0 Å². The predicted octanol–water partition coefficient (Wildman–Crippen LogP) is 4.05. The van der Waals surface area contributed by atoms with Crippen LogP contribution in [0.4, 0.5) is 5.82 Å². The van der Waals surface area contributed by atoms with Crippen LogP contribution in [0.25, 0.3) is 5.32 Å². The fourth-order valence-electron chi connectivity index (χ4n) is 1.15. The van der Waals surface area contributed by atoms with Crippen LogP contribution in [0.5, 0.6) is 0 Å². The molecule has 0 aliphatic carbocycles. The van der Waals surface area contributed by atoms with E-state index in [1.165, 1.54) is 23.3 Å². The number of aromatic nitrogens is 2. The van der Waals surface area contributed by atoms with Crippen molar-refractivity contribution in [3.8, 4) is 0 Å². The molecule has 1 rings (SSSR count). The van der Waals surface area contributed by atoms with Gasteiger partial charge in [0.1, 0.15) is 0 Å². The summed E-state index contributed by atoms with van der Waals surface area (Å²) in [6, 6.07) is 0.309. The second-order valence-electron chi connectivity index (χ2n) is 3.91. The topological polar surface area (TPSA) is 39.9 Å². The second-order valence-corrected chi connectivity index (χ2v) is 6.37. The van der Waals surface area contributed by atoms with Crippen molar-refractivity contribution >= 4 is 32.3 Å². The average Bonchev–Trinajstić information content (AvgIpc) is 2.40. The Morgan fingerprint density at radius 3 is 2.50 bits per heavy atom. The van der Waals surface area contributed by atoms with Gasteiger partial charge in [0.05, 0.1) is 0 Å². The van der Waals surface area contributed by atoms with Gasteiger partial charge in [-0.25, -0.2) is 0 Å². The third-order valence-electron chi connectivity index (χ3n) is 2.05. The van der Waals surface area contributed by atoms with Crippen LogP contribution in [0.1, 0.15) is 40.2 Å². The molecule has 0 radical (unpaired) electrons. The molecule has 3 nitrogen and oxygen atoms in total. The van der Waals surface area contributed by atoms with Crippen LogP contribution < -0.4 is 0 Å². The molecule has 0 aromatic carbocycles. The first-order valence-electron chi connectivity index (χ1n) is 6.17. The third kappa shape index (κ3) is 5.87. The number of alkyl halides is 1. The molecule has 0 bridgehead atoms. The van der Waals surface area contributed by atoms with E-state index >= 15 is 0 Å². The maximum absolute atomic E-state index is 4.61. The zero-order chi connectivity index (χ0) is 14.1.